The molecule has 0 saturated heterocycles. The molecule has 1 fully saturated rings. The Morgan fingerprint density at radius 2 is 1.94 bits per heavy atom. The topological polar surface area (TPSA) is 66.4 Å². The highest BCUT2D eigenvalue weighted by Gasteiger charge is 2.32. The number of amides is 1. The SMILES string of the molecule is CC(C(=O)NCCC(C)(C)CCC(=O)O)C1CC1. The Hall–Kier alpha value is -1.06. The van der Waals surface area contributed by atoms with Crippen LogP contribution in [-0.2, 0) is 9.59 Å². The molecule has 0 aromatic carbocycles. The van der Waals surface area contributed by atoms with Crippen molar-refractivity contribution >= 4 is 11.9 Å². The average molecular weight is 255 g/mol. The molecule has 4 heteroatoms. The third kappa shape index (κ3) is 5.52. The number of nitrogens with one attached hydrogen (secondary N) is 1. The maximum Gasteiger partial charge on any atom is 0.303 e. The Labute approximate surface area is 109 Å². The number of carbonyl (C=O) groups is 2. The number of hydrogen-bond donors (Lipinski definition) is 2. The smallest absolute Gasteiger partial charge is 0.303 e. The van der Waals surface area contributed by atoms with Crippen LogP contribution in [0.25, 0.3) is 0 Å². The molecule has 1 atom stereocenters. The van der Waals surface area contributed by atoms with E-state index in [-0.39, 0.29) is 23.7 Å². The second-order valence-electron chi connectivity index (χ2n) is 6.23. The van der Waals surface area contributed by atoms with E-state index in [1.165, 1.54) is 12.8 Å². The molecule has 1 rings (SSSR count). The zero-order valence-electron chi connectivity index (χ0n) is 11.7. The van der Waals surface area contributed by atoms with Crippen molar-refractivity contribution in [1.29, 1.82) is 0 Å². The monoisotopic (exact) mass is 255 g/mol. The molecule has 0 heterocycles. The lowest BCUT2D eigenvalue weighted by Gasteiger charge is -2.24. The second kappa shape index (κ2) is 6.21. The van der Waals surface area contributed by atoms with Gasteiger partial charge in [0.05, 0.1) is 0 Å². The van der Waals surface area contributed by atoms with Crippen molar-refractivity contribution in [2.45, 2.75) is 52.9 Å². The molecule has 1 aliphatic rings. The fourth-order valence-electron chi connectivity index (χ4n) is 2.07. The van der Waals surface area contributed by atoms with E-state index in [0.29, 0.717) is 18.9 Å². The van der Waals surface area contributed by atoms with Gasteiger partial charge in [0.2, 0.25) is 5.91 Å². The molecule has 0 aromatic heterocycles. The van der Waals surface area contributed by atoms with E-state index in [1.807, 2.05) is 20.8 Å². The lowest BCUT2D eigenvalue weighted by molar-refractivity contribution is -0.137. The van der Waals surface area contributed by atoms with Gasteiger partial charge in [-0.3, -0.25) is 9.59 Å². The van der Waals surface area contributed by atoms with Crippen LogP contribution in [-0.4, -0.2) is 23.5 Å². The van der Waals surface area contributed by atoms with Crippen LogP contribution in [0, 0.1) is 17.3 Å². The molecule has 2 N–H and O–H groups in total. The molecule has 0 bridgehead atoms. The molecule has 18 heavy (non-hydrogen) atoms. The summed E-state index contributed by atoms with van der Waals surface area (Å²) < 4.78 is 0. The lowest BCUT2D eigenvalue weighted by atomic mass is 9.84. The van der Waals surface area contributed by atoms with Gasteiger partial charge in [-0.1, -0.05) is 20.8 Å². The van der Waals surface area contributed by atoms with Crippen molar-refractivity contribution in [3.05, 3.63) is 0 Å². The minimum Gasteiger partial charge on any atom is -0.481 e. The van der Waals surface area contributed by atoms with Gasteiger partial charge in [0.15, 0.2) is 0 Å². The normalized spacial score (nSPS) is 17.3. The highest BCUT2D eigenvalue weighted by atomic mass is 16.4. The van der Waals surface area contributed by atoms with E-state index in [1.54, 1.807) is 0 Å². The Balaban J connectivity index is 2.18. The number of hydrogen-bond acceptors (Lipinski definition) is 2. The van der Waals surface area contributed by atoms with Crippen molar-refractivity contribution in [1.82, 2.24) is 5.32 Å². The van der Waals surface area contributed by atoms with Crippen LogP contribution in [0.5, 0.6) is 0 Å². The van der Waals surface area contributed by atoms with Crippen molar-refractivity contribution in [3.63, 3.8) is 0 Å². The standard InChI is InChI=1S/C14H25NO3/c1-10(11-4-5-11)13(18)15-9-8-14(2,3)7-6-12(16)17/h10-11H,4-9H2,1-3H3,(H,15,18)(H,16,17). The molecule has 1 aliphatic carbocycles. The molecule has 1 amide bonds. The van der Waals surface area contributed by atoms with Crippen LogP contribution in [0.1, 0.15) is 52.9 Å². The van der Waals surface area contributed by atoms with E-state index >= 15 is 0 Å². The average Bonchev–Trinajstić information content (AvgIpc) is 3.09. The summed E-state index contributed by atoms with van der Waals surface area (Å²) in [4.78, 5) is 22.3. The molecular formula is C14H25NO3. The number of carboxylic acid groups (broad SMARTS) is 1. The van der Waals surface area contributed by atoms with Crippen molar-refractivity contribution < 1.29 is 14.7 Å². The largest absolute Gasteiger partial charge is 0.481 e. The Morgan fingerprint density at radius 1 is 1.33 bits per heavy atom. The summed E-state index contributed by atoms with van der Waals surface area (Å²) in [5.74, 6) is 0.109. The summed E-state index contributed by atoms with van der Waals surface area (Å²) in [6.45, 7) is 6.73. The molecule has 104 valence electrons. The van der Waals surface area contributed by atoms with Gasteiger partial charge < -0.3 is 10.4 Å². The van der Waals surface area contributed by atoms with Gasteiger partial charge in [-0.2, -0.15) is 0 Å². The van der Waals surface area contributed by atoms with Crippen LogP contribution in [0.4, 0.5) is 0 Å². The molecule has 1 saturated carbocycles. The molecule has 0 aliphatic heterocycles. The summed E-state index contributed by atoms with van der Waals surface area (Å²) in [5.41, 5.74) is -0.0332. The van der Waals surface area contributed by atoms with Crippen LogP contribution < -0.4 is 5.32 Å². The van der Waals surface area contributed by atoms with E-state index in [4.69, 9.17) is 5.11 Å². The van der Waals surface area contributed by atoms with Crippen molar-refractivity contribution in [2.24, 2.45) is 17.3 Å². The highest BCUT2D eigenvalue weighted by molar-refractivity contribution is 5.78. The summed E-state index contributed by atoms with van der Waals surface area (Å²) in [5, 5.41) is 11.6. The van der Waals surface area contributed by atoms with Gasteiger partial charge in [0, 0.05) is 18.9 Å². The van der Waals surface area contributed by atoms with Gasteiger partial charge >= 0.3 is 5.97 Å². The maximum atomic E-state index is 11.8. The highest BCUT2D eigenvalue weighted by Crippen LogP contribution is 2.36. The lowest BCUT2D eigenvalue weighted by Crippen LogP contribution is -2.33. The summed E-state index contributed by atoms with van der Waals surface area (Å²) >= 11 is 0. The zero-order chi connectivity index (χ0) is 13.8. The van der Waals surface area contributed by atoms with Crippen LogP contribution >= 0.6 is 0 Å². The first-order valence-corrected chi connectivity index (χ1v) is 6.81. The Bertz CT molecular complexity index is 308. The fourth-order valence-corrected chi connectivity index (χ4v) is 2.07. The minimum absolute atomic E-state index is 0.0332. The minimum atomic E-state index is -0.755. The van der Waals surface area contributed by atoms with Crippen LogP contribution in [0.15, 0.2) is 0 Å². The van der Waals surface area contributed by atoms with Crippen molar-refractivity contribution in [2.75, 3.05) is 6.54 Å². The van der Waals surface area contributed by atoms with Gasteiger partial charge in [0.25, 0.3) is 0 Å². The first kappa shape index (κ1) is 15.0. The summed E-state index contributed by atoms with van der Waals surface area (Å²) in [6, 6.07) is 0. The third-order valence-corrected chi connectivity index (χ3v) is 3.86. The number of carbonyl (C=O) groups excluding carboxylic acids is 1. The third-order valence-electron chi connectivity index (χ3n) is 3.86. The second-order valence-corrected chi connectivity index (χ2v) is 6.23. The first-order chi connectivity index (χ1) is 8.32. The molecular weight excluding hydrogens is 230 g/mol. The molecule has 0 radical (unpaired) electrons. The number of rotatable bonds is 8. The van der Waals surface area contributed by atoms with Gasteiger partial charge in [-0.25, -0.2) is 0 Å². The van der Waals surface area contributed by atoms with Crippen LogP contribution in [0.3, 0.4) is 0 Å². The Kier molecular flexibility index (Phi) is 5.17. The van der Waals surface area contributed by atoms with E-state index in [9.17, 15) is 9.59 Å². The summed E-state index contributed by atoms with van der Waals surface area (Å²) in [6.07, 6.45) is 4.02. The fraction of sp³-hybridized carbons (Fsp3) is 0.857. The molecule has 0 aromatic rings. The van der Waals surface area contributed by atoms with Gasteiger partial charge in [-0.15, -0.1) is 0 Å². The van der Waals surface area contributed by atoms with E-state index in [0.717, 1.165) is 6.42 Å². The van der Waals surface area contributed by atoms with E-state index < -0.39 is 5.97 Å². The van der Waals surface area contributed by atoms with Crippen molar-refractivity contribution in [3.8, 4) is 0 Å². The predicted molar refractivity (Wildman–Crippen MR) is 70.2 cm³/mol. The zero-order valence-corrected chi connectivity index (χ0v) is 11.7. The Morgan fingerprint density at radius 3 is 2.44 bits per heavy atom. The summed E-state index contributed by atoms with van der Waals surface area (Å²) in [7, 11) is 0. The molecule has 4 nitrogen and oxygen atoms in total. The predicted octanol–water partition coefficient (Wildman–Crippen LogP) is 2.43. The van der Waals surface area contributed by atoms with Gasteiger partial charge in [0.1, 0.15) is 0 Å². The first-order valence-electron chi connectivity index (χ1n) is 6.81. The van der Waals surface area contributed by atoms with Gasteiger partial charge in [-0.05, 0) is 37.0 Å². The van der Waals surface area contributed by atoms with Crippen LogP contribution in [0.2, 0.25) is 0 Å². The molecule has 1 unspecified atom stereocenters. The van der Waals surface area contributed by atoms with E-state index in [2.05, 4.69) is 5.32 Å². The molecule has 0 spiro atoms. The quantitative estimate of drug-likeness (QED) is 0.700. The number of carboxylic acids is 1. The number of aliphatic carboxylic acids is 1. The maximum absolute atomic E-state index is 11.8.